The van der Waals surface area contributed by atoms with E-state index in [2.05, 4.69) is 11.5 Å². The van der Waals surface area contributed by atoms with Crippen LogP contribution in [-0.2, 0) is 0 Å². The van der Waals surface area contributed by atoms with Gasteiger partial charge in [0.2, 0.25) is 0 Å². The van der Waals surface area contributed by atoms with Crippen LogP contribution in [0.2, 0.25) is 0 Å². The highest BCUT2D eigenvalue weighted by atomic mass is 32.2. The SMILES string of the molecule is C=C/C(=C\SC)C(O)CCN(C)C. The van der Waals surface area contributed by atoms with Crippen molar-refractivity contribution < 1.29 is 5.11 Å². The van der Waals surface area contributed by atoms with Crippen LogP contribution in [0.4, 0.5) is 0 Å². The second kappa shape index (κ2) is 7.18. The standard InChI is InChI=1S/C10H19NOS/c1-5-9(8-13-4)10(12)6-7-11(2)3/h5,8,10,12H,1,6-7H2,2-4H3/b9-8+. The van der Waals surface area contributed by atoms with Gasteiger partial charge in [-0.3, -0.25) is 0 Å². The van der Waals surface area contributed by atoms with Gasteiger partial charge in [-0.15, -0.1) is 11.8 Å². The number of hydrogen-bond donors (Lipinski definition) is 1. The van der Waals surface area contributed by atoms with E-state index in [0.717, 1.165) is 18.5 Å². The molecule has 0 bridgehead atoms. The second-order valence-corrected chi connectivity index (χ2v) is 3.87. The van der Waals surface area contributed by atoms with E-state index in [-0.39, 0.29) is 6.10 Å². The Balaban J connectivity index is 3.99. The molecule has 76 valence electrons. The minimum absolute atomic E-state index is 0.382. The topological polar surface area (TPSA) is 23.5 Å². The predicted molar refractivity (Wildman–Crippen MR) is 61.0 cm³/mol. The first-order chi connectivity index (χ1) is 6.11. The molecule has 3 heteroatoms. The van der Waals surface area contributed by atoms with Crippen molar-refractivity contribution in [3.05, 3.63) is 23.6 Å². The fourth-order valence-electron chi connectivity index (χ4n) is 0.946. The molecule has 13 heavy (non-hydrogen) atoms. The Hall–Kier alpha value is -0.250. The van der Waals surface area contributed by atoms with E-state index in [4.69, 9.17) is 0 Å². The Morgan fingerprint density at radius 2 is 2.23 bits per heavy atom. The summed E-state index contributed by atoms with van der Waals surface area (Å²) >= 11 is 1.59. The first kappa shape index (κ1) is 12.8. The fourth-order valence-corrected chi connectivity index (χ4v) is 1.47. The van der Waals surface area contributed by atoms with Gasteiger partial charge in [0, 0.05) is 6.54 Å². The van der Waals surface area contributed by atoms with Crippen LogP contribution in [0.5, 0.6) is 0 Å². The van der Waals surface area contributed by atoms with Crippen molar-refractivity contribution in [3.63, 3.8) is 0 Å². The monoisotopic (exact) mass is 201 g/mol. The summed E-state index contributed by atoms with van der Waals surface area (Å²) in [7, 11) is 4.00. The summed E-state index contributed by atoms with van der Waals surface area (Å²) in [4.78, 5) is 2.06. The van der Waals surface area contributed by atoms with E-state index >= 15 is 0 Å². The van der Waals surface area contributed by atoms with Crippen LogP contribution in [0.15, 0.2) is 23.6 Å². The largest absolute Gasteiger partial charge is 0.388 e. The van der Waals surface area contributed by atoms with Crippen LogP contribution >= 0.6 is 11.8 Å². The molecule has 1 unspecified atom stereocenters. The van der Waals surface area contributed by atoms with Gasteiger partial charge in [-0.25, -0.2) is 0 Å². The van der Waals surface area contributed by atoms with Gasteiger partial charge in [0.05, 0.1) is 6.10 Å². The summed E-state index contributed by atoms with van der Waals surface area (Å²) in [6, 6.07) is 0. The first-order valence-corrected chi connectivity index (χ1v) is 5.58. The zero-order valence-electron chi connectivity index (χ0n) is 8.66. The van der Waals surface area contributed by atoms with Gasteiger partial charge in [0.1, 0.15) is 0 Å². The van der Waals surface area contributed by atoms with Gasteiger partial charge in [-0.2, -0.15) is 0 Å². The molecule has 0 aromatic heterocycles. The number of hydrogen-bond acceptors (Lipinski definition) is 3. The maximum Gasteiger partial charge on any atom is 0.0807 e. The smallest absolute Gasteiger partial charge is 0.0807 e. The van der Waals surface area contributed by atoms with E-state index in [9.17, 15) is 5.11 Å². The van der Waals surface area contributed by atoms with E-state index in [1.165, 1.54) is 0 Å². The van der Waals surface area contributed by atoms with Gasteiger partial charge in [0.25, 0.3) is 0 Å². The molecule has 0 aromatic rings. The maximum absolute atomic E-state index is 9.71. The highest BCUT2D eigenvalue weighted by Crippen LogP contribution is 2.12. The molecule has 0 rings (SSSR count). The molecule has 0 radical (unpaired) electrons. The zero-order chi connectivity index (χ0) is 10.3. The van der Waals surface area contributed by atoms with Crippen molar-refractivity contribution in [2.24, 2.45) is 0 Å². The molecule has 0 aliphatic heterocycles. The number of nitrogens with zero attached hydrogens (tertiary/aromatic N) is 1. The van der Waals surface area contributed by atoms with Crippen molar-refractivity contribution >= 4 is 11.8 Å². The lowest BCUT2D eigenvalue weighted by Gasteiger charge is -2.14. The molecule has 0 saturated heterocycles. The van der Waals surface area contributed by atoms with E-state index in [1.807, 2.05) is 25.8 Å². The molecular formula is C10H19NOS. The molecule has 0 aromatic carbocycles. The van der Waals surface area contributed by atoms with Crippen LogP contribution in [0.3, 0.4) is 0 Å². The van der Waals surface area contributed by atoms with Crippen molar-refractivity contribution in [2.45, 2.75) is 12.5 Å². The number of rotatable bonds is 6. The molecule has 1 N–H and O–H groups in total. The normalized spacial score (nSPS) is 14.7. The molecule has 1 atom stereocenters. The molecular weight excluding hydrogens is 182 g/mol. The lowest BCUT2D eigenvalue weighted by Crippen LogP contribution is -2.20. The van der Waals surface area contributed by atoms with Gasteiger partial charge < -0.3 is 10.0 Å². The van der Waals surface area contributed by atoms with Crippen LogP contribution in [-0.4, -0.2) is 43.0 Å². The second-order valence-electron chi connectivity index (χ2n) is 3.17. The Morgan fingerprint density at radius 3 is 2.62 bits per heavy atom. The quantitative estimate of drug-likeness (QED) is 0.662. The Morgan fingerprint density at radius 1 is 1.62 bits per heavy atom. The molecule has 0 heterocycles. The third-order valence-corrected chi connectivity index (χ3v) is 2.23. The Bertz CT molecular complexity index is 178. The van der Waals surface area contributed by atoms with E-state index in [1.54, 1.807) is 17.8 Å². The summed E-state index contributed by atoms with van der Waals surface area (Å²) in [6.07, 6.45) is 4.07. The minimum Gasteiger partial charge on any atom is -0.388 e. The average molecular weight is 201 g/mol. The Kier molecular flexibility index (Phi) is 7.04. The third kappa shape index (κ3) is 5.91. The molecule has 0 aliphatic rings. The molecule has 0 saturated carbocycles. The summed E-state index contributed by atoms with van der Waals surface area (Å²) in [5, 5.41) is 11.6. The fraction of sp³-hybridized carbons (Fsp3) is 0.600. The summed E-state index contributed by atoms with van der Waals surface area (Å²) in [6.45, 7) is 4.56. The van der Waals surface area contributed by atoms with Crippen molar-refractivity contribution in [1.82, 2.24) is 4.90 Å². The molecule has 2 nitrogen and oxygen atoms in total. The minimum atomic E-state index is -0.382. The summed E-state index contributed by atoms with van der Waals surface area (Å²) in [5.74, 6) is 0. The number of aliphatic hydroxyl groups is 1. The van der Waals surface area contributed by atoms with Crippen molar-refractivity contribution in [2.75, 3.05) is 26.9 Å². The van der Waals surface area contributed by atoms with Crippen LogP contribution in [0.1, 0.15) is 6.42 Å². The summed E-state index contributed by atoms with van der Waals surface area (Å²) < 4.78 is 0. The molecule has 0 fully saturated rings. The highest BCUT2D eigenvalue weighted by Gasteiger charge is 2.07. The molecule has 0 spiro atoms. The molecule has 0 amide bonds. The van der Waals surface area contributed by atoms with Crippen molar-refractivity contribution in [3.8, 4) is 0 Å². The Labute approximate surface area is 85.3 Å². The van der Waals surface area contributed by atoms with Gasteiger partial charge in [0.15, 0.2) is 0 Å². The van der Waals surface area contributed by atoms with Gasteiger partial charge >= 0.3 is 0 Å². The lowest BCUT2D eigenvalue weighted by atomic mass is 10.1. The zero-order valence-corrected chi connectivity index (χ0v) is 9.47. The average Bonchev–Trinajstić information content (AvgIpc) is 2.10. The van der Waals surface area contributed by atoms with E-state index in [0.29, 0.717) is 0 Å². The first-order valence-electron chi connectivity index (χ1n) is 4.30. The van der Waals surface area contributed by atoms with Gasteiger partial charge in [-0.1, -0.05) is 12.7 Å². The van der Waals surface area contributed by atoms with Crippen LogP contribution < -0.4 is 0 Å². The lowest BCUT2D eigenvalue weighted by molar-refractivity contribution is 0.188. The third-order valence-electron chi connectivity index (χ3n) is 1.72. The van der Waals surface area contributed by atoms with E-state index < -0.39 is 0 Å². The van der Waals surface area contributed by atoms with Crippen molar-refractivity contribution in [1.29, 1.82) is 0 Å². The predicted octanol–water partition coefficient (Wildman–Crippen LogP) is 1.73. The maximum atomic E-state index is 9.71. The van der Waals surface area contributed by atoms with Gasteiger partial charge in [-0.05, 0) is 37.8 Å². The number of aliphatic hydroxyl groups excluding tert-OH is 1. The van der Waals surface area contributed by atoms with Crippen LogP contribution in [0, 0.1) is 0 Å². The number of thioether (sulfide) groups is 1. The summed E-state index contributed by atoms with van der Waals surface area (Å²) in [5.41, 5.74) is 0.911. The van der Waals surface area contributed by atoms with Crippen LogP contribution in [0.25, 0.3) is 0 Å². The highest BCUT2D eigenvalue weighted by molar-refractivity contribution is 8.01. The molecule has 0 aliphatic carbocycles.